The van der Waals surface area contributed by atoms with Gasteiger partial charge in [0.25, 0.3) is 5.91 Å². The van der Waals surface area contributed by atoms with Crippen molar-refractivity contribution in [1.29, 1.82) is 0 Å². The van der Waals surface area contributed by atoms with Crippen molar-refractivity contribution in [2.24, 2.45) is 0 Å². The van der Waals surface area contributed by atoms with E-state index in [1.807, 2.05) is 6.92 Å². The lowest BCUT2D eigenvalue weighted by Gasteiger charge is -2.19. The predicted octanol–water partition coefficient (Wildman–Crippen LogP) is 0.813. The molecule has 1 N–H and O–H groups in total. The van der Waals surface area contributed by atoms with Gasteiger partial charge in [-0.05, 0) is 37.6 Å². The number of rotatable bonds is 5. The summed E-state index contributed by atoms with van der Waals surface area (Å²) < 4.78 is 10.8. The first-order valence-electron chi connectivity index (χ1n) is 7.09. The lowest BCUT2D eigenvalue weighted by atomic mass is 10.3. The zero-order chi connectivity index (χ0) is 15.1. The van der Waals surface area contributed by atoms with E-state index in [1.165, 1.54) is 4.90 Å². The second-order valence-corrected chi connectivity index (χ2v) is 4.71. The highest BCUT2D eigenvalue weighted by Gasteiger charge is 2.19. The Morgan fingerprint density at radius 3 is 2.57 bits per heavy atom. The van der Waals surface area contributed by atoms with Gasteiger partial charge in [0.1, 0.15) is 11.5 Å². The number of amides is 2. The molecule has 1 aliphatic heterocycles. The predicted molar refractivity (Wildman–Crippen MR) is 77.3 cm³/mol. The fraction of sp³-hybridized carbons (Fsp3) is 0.467. The third kappa shape index (κ3) is 4.66. The van der Waals surface area contributed by atoms with Crippen molar-refractivity contribution in [2.75, 3.05) is 32.8 Å². The molecule has 0 aliphatic carbocycles. The van der Waals surface area contributed by atoms with Crippen molar-refractivity contribution in [1.82, 2.24) is 10.2 Å². The van der Waals surface area contributed by atoms with Crippen LogP contribution in [0, 0.1) is 0 Å². The molecule has 0 bridgehead atoms. The Kier molecular flexibility index (Phi) is 5.43. The number of hydrogen-bond donors (Lipinski definition) is 1. The first-order valence-corrected chi connectivity index (χ1v) is 7.09. The molecule has 0 unspecified atom stereocenters. The zero-order valence-corrected chi connectivity index (χ0v) is 12.1. The Bertz CT molecular complexity index is 487. The molecule has 1 heterocycles. The second-order valence-electron chi connectivity index (χ2n) is 4.71. The third-order valence-corrected chi connectivity index (χ3v) is 3.11. The standard InChI is InChI=1S/C15H20N2O4/c1-2-20-12-4-6-13(7-5-12)21-11-15(19)17-9-3-8-16-14(18)10-17/h4-7H,2-3,8-11H2,1H3,(H,16,18). The minimum Gasteiger partial charge on any atom is -0.494 e. The van der Waals surface area contributed by atoms with Crippen LogP contribution in [0.1, 0.15) is 13.3 Å². The minimum atomic E-state index is -0.180. The van der Waals surface area contributed by atoms with E-state index in [0.717, 1.165) is 12.2 Å². The van der Waals surface area contributed by atoms with Crippen molar-refractivity contribution in [3.8, 4) is 11.5 Å². The van der Waals surface area contributed by atoms with Crippen molar-refractivity contribution >= 4 is 11.8 Å². The summed E-state index contributed by atoms with van der Waals surface area (Å²) in [7, 11) is 0. The fourth-order valence-corrected chi connectivity index (χ4v) is 2.05. The van der Waals surface area contributed by atoms with Crippen LogP contribution in [0.3, 0.4) is 0 Å². The largest absolute Gasteiger partial charge is 0.494 e. The molecule has 0 radical (unpaired) electrons. The van der Waals surface area contributed by atoms with Crippen molar-refractivity contribution in [3.63, 3.8) is 0 Å². The number of benzene rings is 1. The maximum atomic E-state index is 12.0. The van der Waals surface area contributed by atoms with Crippen LogP contribution < -0.4 is 14.8 Å². The van der Waals surface area contributed by atoms with Gasteiger partial charge in [-0.1, -0.05) is 0 Å². The van der Waals surface area contributed by atoms with Crippen LogP contribution in [0.25, 0.3) is 0 Å². The molecule has 1 aromatic carbocycles. The maximum Gasteiger partial charge on any atom is 0.260 e. The molecule has 0 aromatic heterocycles. The molecule has 0 saturated carbocycles. The number of hydrogen-bond acceptors (Lipinski definition) is 4. The SMILES string of the molecule is CCOc1ccc(OCC(=O)N2CCCNC(=O)C2)cc1. The van der Waals surface area contributed by atoms with Crippen LogP contribution in [0.5, 0.6) is 11.5 Å². The van der Waals surface area contributed by atoms with Crippen LogP contribution in [-0.4, -0.2) is 49.6 Å². The molecule has 1 fully saturated rings. The Morgan fingerprint density at radius 2 is 1.90 bits per heavy atom. The van der Waals surface area contributed by atoms with E-state index in [0.29, 0.717) is 25.4 Å². The molecule has 0 atom stereocenters. The molecule has 1 saturated heterocycles. The maximum absolute atomic E-state index is 12.0. The van der Waals surface area contributed by atoms with E-state index in [2.05, 4.69) is 5.32 Å². The van der Waals surface area contributed by atoms with Gasteiger partial charge in [0, 0.05) is 13.1 Å². The van der Waals surface area contributed by atoms with Gasteiger partial charge in [0.2, 0.25) is 5.91 Å². The smallest absolute Gasteiger partial charge is 0.260 e. The first-order chi connectivity index (χ1) is 10.2. The van der Waals surface area contributed by atoms with Gasteiger partial charge < -0.3 is 19.7 Å². The lowest BCUT2D eigenvalue weighted by Crippen LogP contribution is -2.39. The second kappa shape index (κ2) is 7.52. The molecule has 114 valence electrons. The van der Waals surface area contributed by atoms with E-state index < -0.39 is 0 Å². The highest BCUT2D eigenvalue weighted by Crippen LogP contribution is 2.17. The molecular weight excluding hydrogens is 272 g/mol. The summed E-state index contributed by atoms with van der Waals surface area (Å²) in [6.07, 6.45) is 0.764. The van der Waals surface area contributed by atoms with Crippen molar-refractivity contribution in [2.45, 2.75) is 13.3 Å². The Morgan fingerprint density at radius 1 is 1.24 bits per heavy atom. The van der Waals surface area contributed by atoms with Crippen LogP contribution in [0.15, 0.2) is 24.3 Å². The summed E-state index contributed by atoms with van der Waals surface area (Å²) in [6.45, 7) is 3.75. The molecule has 2 amide bonds. The van der Waals surface area contributed by atoms with E-state index >= 15 is 0 Å². The van der Waals surface area contributed by atoms with Gasteiger partial charge >= 0.3 is 0 Å². The summed E-state index contributed by atoms with van der Waals surface area (Å²) in [5.41, 5.74) is 0. The van der Waals surface area contributed by atoms with Gasteiger partial charge in [0.15, 0.2) is 6.61 Å². The number of ether oxygens (including phenoxy) is 2. The number of nitrogens with zero attached hydrogens (tertiary/aromatic N) is 1. The highest BCUT2D eigenvalue weighted by molar-refractivity contribution is 5.85. The zero-order valence-electron chi connectivity index (χ0n) is 12.1. The molecule has 1 aromatic rings. The van der Waals surface area contributed by atoms with Gasteiger partial charge in [-0.3, -0.25) is 9.59 Å². The minimum absolute atomic E-state index is 0.0682. The first kappa shape index (κ1) is 15.2. The normalized spacial score (nSPS) is 15.1. The fourth-order valence-electron chi connectivity index (χ4n) is 2.05. The van der Waals surface area contributed by atoms with Gasteiger partial charge in [-0.2, -0.15) is 0 Å². The molecule has 6 nitrogen and oxygen atoms in total. The monoisotopic (exact) mass is 292 g/mol. The lowest BCUT2D eigenvalue weighted by molar-refractivity contribution is -0.136. The van der Waals surface area contributed by atoms with Gasteiger partial charge in [-0.15, -0.1) is 0 Å². The summed E-state index contributed by atoms with van der Waals surface area (Å²) in [5, 5.41) is 2.73. The molecule has 0 spiro atoms. The summed E-state index contributed by atoms with van der Waals surface area (Å²) >= 11 is 0. The van der Waals surface area contributed by atoms with Crippen LogP contribution in [0.4, 0.5) is 0 Å². The average molecular weight is 292 g/mol. The van der Waals surface area contributed by atoms with Crippen molar-refractivity contribution in [3.05, 3.63) is 24.3 Å². The van der Waals surface area contributed by atoms with Crippen LogP contribution in [0.2, 0.25) is 0 Å². The molecule has 6 heteroatoms. The Balaban J connectivity index is 1.83. The number of carbonyl (C=O) groups excluding carboxylic acids is 2. The quantitative estimate of drug-likeness (QED) is 0.872. The van der Waals surface area contributed by atoms with Crippen molar-refractivity contribution < 1.29 is 19.1 Å². The summed E-state index contributed by atoms with van der Waals surface area (Å²) in [5.74, 6) is 1.06. The van der Waals surface area contributed by atoms with Crippen LogP contribution in [-0.2, 0) is 9.59 Å². The molecule has 1 aliphatic rings. The van der Waals surface area contributed by atoms with E-state index in [-0.39, 0.29) is 25.0 Å². The van der Waals surface area contributed by atoms with E-state index in [4.69, 9.17) is 9.47 Å². The number of carbonyl (C=O) groups is 2. The summed E-state index contributed by atoms with van der Waals surface area (Å²) in [4.78, 5) is 25.0. The highest BCUT2D eigenvalue weighted by atomic mass is 16.5. The van der Waals surface area contributed by atoms with Gasteiger partial charge in [0.05, 0.1) is 13.2 Å². The Hall–Kier alpha value is -2.24. The summed E-state index contributed by atoms with van der Waals surface area (Å²) in [6, 6.07) is 7.10. The van der Waals surface area contributed by atoms with E-state index in [1.54, 1.807) is 24.3 Å². The topological polar surface area (TPSA) is 67.9 Å². The third-order valence-electron chi connectivity index (χ3n) is 3.11. The van der Waals surface area contributed by atoms with Gasteiger partial charge in [-0.25, -0.2) is 0 Å². The molecular formula is C15H20N2O4. The Labute approximate surface area is 124 Å². The van der Waals surface area contributed by atoms with Crippen LogP contribution >= 0.6 is 0 Å². The number of nitrogens with one attached hydrogen (secondary N) is 1. The molecule has 2 rings (SSSR count). The molecule has 21 heavy (non-hydrogen) atoms. The average Bonchev–Trinajstić information content (AvgIpc) is 2.71. The van der Waals surface area contributed by atoms with E-state index in [9.17, 15) is 9.59 Å².